The maximum Gasteiger partial charge on any atom is 0.293 e. The smallest absolute Gasteiger partial charge is 0.293 e. The predicted octanol–water partition coefficient (Wildman–Crippen LogP) is 2.33. The van der Waals surface area contributed by atoms with E-state index in [2.05, 4.69) is 9.88 Å². The van der Waals surface area contributed by atoms with E-state index in [1.807, 2.05) is 16.8 Å². The van der Waals surface area contributed by atoms with E-state index in [-0.39, 0.29) is 11.7 Å². The van der Waals surface area contributed by atoms with Crippen molar-refractivity contribution in [3.63, 3.8) is 0 Å². The van der Waals surface area contributed by atoms with Crippen molar-refractivity contribution in [3.8, 4) is 6.07 Å². The molecule has 7 nitrogen and oxygen atoms in total. The van der Waals surface area contributed by atoms with Crippen molar-refractivity contribution in [2.45, 2.75) is 25.4 Å². The van der Waals surface area contributed by atoms with E-state index < -0.39 is 4.92 Å². The molecule has 0 bridgehead atoms. The molecule has 0 N–H and O–H groups in total. The Morgan fingerprint density at radius 1 is 1.50 bits per heavy atom. The van der Waals surface area contributed by atoms with Crippen molar-refractivity contribution < 1.29 is 4.92 Å². The Bertz CT molecular complexity index is 720. The molecular formula is C15H15N5O2. The molecule has 0 radical (unpaired) electrons. The van der Waals surface area contributed by atoms with E-state index in [9.17, 15) is 10.1 Å². The summed E-state index contributed by atoms with van der Waals surface area (Å²) in [6.45, 7) is 1.53. The molecule has 1 aromatic carbocycles. The standard InChI is InChI=1S/C15H15N5O2/c16-9-12-3-4-14(15(8-12)20(21)22)19-6-1-2-13(19)10-18-7-5-17-11-18/h3-5,7-8,11,13H,1-2,6,10H2. The zero-order chi connectivity index (χ0) is 15.5. The first-order valence-corrected chi connectivity index (χ1v) is 7.10. The first-order chi connectivity index (χ1) is 10.7. The van der Waals surface area contributed by atoms with Crippen molar-refractivity contribution >= 4 is 11.4 Å². The van der Waals surface area contributed by atoms with E-state index in [0.29, 0.717) is 11.3 Å². The van der Waals surface area contributed by atoms with Gasteiger partial charge in [0, 0.05) is 37.6 Å². The van der Waals surface area contributed by atoms with Crippen LogP contribution in [-0.4, -0.2) is 27.1 Å². The van der Waals surface area contributed by atoms with Gasteiger partial charge in [-0.15, -0.1) is 0 Å². The van der Waals surface area contributed by atoms with Crippen LogP contribution in [0.2, 0.25) is 0 Å². The second-order valence-corrected chi connectivity index (χ2v) is 5.32. The number of nitriles is 1. The Morgan fingerprint density at radius 3 is 3.05 bits per heavy atom. The van der Waals surface area contributed by atoms with Crippen LogP contribution in [0.5, 0.6) is 0 Å². The largest absolute Gasteiger partial charge is 0.361 e. The lowest BCUT2D eigenvalue weighted by Crippen LogP contribution is -2.33. The number of benzene rings is 1. The van der Waals surface area contributed by atoms with Crippen LogP contribution in [0.1, 0.15) is 18.4 Å². The summed E-state index contributed by atoms with van der Waals surface area (Å²) < 4.78 is 1.98. The summed E-state index contributed by atoms with van der Waals surface area (Å²) in [4.78, 5) is 17.0. The quantitative estimate of drug-likeness (QED) is 0.638. The SMILES string of the molecule is N#Cc1ccc(N2CCCC2Cn2ccnc2)c([N+](=O)[O-])c1. The van der Waals surface area contributed by atoms with Crippen LogP contribution in [0.15, 0.2) is 36.9 Å². The van der Waals surface area contributed by atoms with Gasteiger partial charge in [0.1, 0.15) is 5.69 Å². The molecule has 2 aromatic rings. The molecule has 1 atom stereocenters. The first-order valence-electron chi connectivity index (χ1n) is 7.10. The third kappa shape index (κ3) is 2.63. The minimum Gasteiger partial charge on any atom is -0.361 e. The van der Waals surface area contributed by atoms with Crippen LogP contribution >= 0.6 is 0 Å². The van der Waals surface area contributed by atoms with Gasteiger partial charge in [-0.2, -0.15) is 5.26 Å². The normalized spacial score (nSPS) is 17.4. The van der Waals surface area contributed by atoms with E-state index in [1.165, 1.54) is 6.07 Å². The summed E-state index contributed by atoms with van der Waals surface area (Å²) in [7, 11) is 0. The minimum absolute atomic E-state index is 0.00317. The topological polar surface area (TPSA) is 88.0 Å². The Hall–Kier alpha value is -2.88. The van der Waals surface area contributed by atoms with Gasteiger partial charge in [-0.05, 0) is 25.0 Å². The molecule has 22 heavy (non-hydrogen) atoms. The summed E-state index contributed by atoms with van der Waals surface area (Å²) in [5.41, 5.74) is 0.893. The van der Waals surface area contributed by atoms with Gasteiger partial charge in [0.2, 0.25) is 0 Å². The Kier molecular flexibility index (Phi) is 3.74. The summed E-state index contributed by atoms with van der Waals surface area (Å²) in [5.74, 6) is 0. The second-order valence-electron chi connectivity index (χ2n) is 5.32. The molecule has 0 amide bonds. The number of hydrogen-bond donors (Lipinski definition) is 0. The van der Waals surface area contributed by atoms with Crippen LogP contribution in [0.4, 0.5) is 11.4 Å². The molecule has 0 aliphatic carbocycles. The number of hydrogen-bond acceptors (Lipinski definition) is 5. The summed E-state index contributed by atoms with van der Waals surface area (Å²) in [6.07, 6.45) is 7.35. The number of nitrogens with zero attached hydrogens (tertiary/aromatic N) is 5. The van der Waals surface area contributed by atoms with Gasteiger partial charge in [0.05, 0.1) is 22.9 Å². The Balaban J connectivity index is 1.92. The lowest BCUT2D eigenvalue weighted by atomic mass is 10.1. The molecule has 2 heterocycles. The number of imidazole rings is 1. The molecule has 0 spiro atoms. The van der Waals surface area contributed by atoms with Crippen molar-refractivity contribution in [2.24, 2.45) is 0 Å². The molecule has 0 saturated carbocycles. The highest BCUT2D eigenvalue weighted by atomic mass is 16.6. The summed E-state index contributed by atoms with van der Waals surface area (Å²) in [5, 5.41) is 20.3. The predicted molar refractivity (Wildman–Crippen MR) is 80.4 cm³/mol. The lowest BCUT2D eigenvalue weighted by molar-refractivity contribution is -0.384. The van der Waals surface area contributed by atoms with E-state index in [0.717, 1.165) is 25.9 Å². The average Bonchev–Trinajstić information content (AvgIpc) is 3.19. The first kappa shape index (κ1) is 14.1. The van der Waals surface area contributed by atoms with Gasteiger partial charge < -0.3 is 9.47 Å². The molecule has 7 heteroatoms. The number of aromatic nitrogens is 2. The fraction of sp³-hybridized carbons (Fsp3) is 0.333. The third-order valence-corrected chi connectivity index (χ3v) is 3.97. The zero-order valence-electron chi connectivity index (χ0n) is 11.9. The Labute approximate surface area is 127 Å². The van der Waals surface area contributed by atoms with E-state index in [4.69, 9.17) is 5.26 Å². The zero-order valence-corrected chi connectivity index (χ0v) is 11.9. The van der Waals surface area contributed by atoms with Crippen molar-refractivity contribution in [1.29, 1.82) is 5.26 Å². The molecule has 1 saturated heterocycles. The van der Waals surface area contributed by atoms with Gasteiger partial charge >= 0.3 is 0 Å². The molecular weight excluding hydrogens is 282 g/mol. The lowest BCUT2D eigenvalue weighted by Gasteiger charge is -2.26. The van der Waals surface area contributed by atoms with Crippen LogP contribution in [0.3, 0.4) is 0 Å². The van der Waals surface area contributed by atoms with E-state index in [1.54, 1.807) is 24.7 Å². The van der Waals surface area contributed by atoms with Gasteiger partial charge in [-0.25, -0.2) is 4.98 Å². The van der Waals surface area contributed by atoms with E-state index >= 15 is 0 Å². The monoisotopic (exact) mass is 297 g/mol. The van der Waals surface area contributed by atoms with Crippen LogP contribution in [0, 0.1) is 21.4 Å². The Morgan fingerprint density at radius 2 is 2.36 bits per heavy atom. The van der Waals surface area contributed by atoms with Gasteiger partial charge in [-0.3, -0.25) is 10.1 Å². The number of anilines is 1. The molecule has 1 fully saturated rings. The molecule has 1 unspecified atom stereocenters. The fourth-order valence-electron chi connectivity index (χ4n) is 2.96. The van der Waals surface area contributed by atoms with Crippen molar-refractivity contribution in [1.82, 2.24) is 9.55 Å². The number of nitro benzene ring substituents is 1. The average molecular weight is 297 g/mol. The van der Waals surface area contributed by atoms with Gasteiger partial charge in [-0.1, -0.05) is 0 Å². The van der Waals surface area contributed by atoms with Gasteiger partial charge in [0.15, 0.2) is 0 Å². The summed E-state index contributed by atoms with van der Waals surface area (Å²) >= 11 is 0. The van der Waals surface area contributed by atoms with Crippen molar-refractivity contribution in [3.05, 3.63) is 52.6 Å². The summed E-state index contributed by atoms with van der Waals surface area (Å²) in [6, 6.07) is 6.81. The minimum atomic E-state index is -0.414. The third-order valence-electron chi connectivity index (χ3n) is 3.97. The molecule has 1 aliphatic rings. The maximum absolute atomic E-state index is 11.3. The number of rotatable bonds is 4. The number of nitro groups is 1. The highest BCUT2D eigenvalue weighted by Crippen LogP contribution is 2.34. The van der Waals surface area contributed by atoms with Crippen LogP contribution in [-0.2, 0) is 6.54 Å². The highest BCUT2D eigenvalue weighted by molar-refractivity contribution is 5.66. The maximum atomic E-state index is 11.3. The second kappa shape index (κ2) is 5.85. The van der Waals surface area contributed by atoms with Crippen LogP contribution in [0.25, 0.3) is 0 Å². The molecule has 3 rings (SSSR count). The molecule has 112 valence electrons. The fourth-order valence-corrected chi connectivity index (χ4v) is 2.96. The molecule has 1 aromatic heterocycles. The van der Waals surface area contributed by atoms with Crippen LogP contribution < -0.4 is 4.90 Å². The highest BCUT2D eigenvalue weighted by Gasteiger charge is 2.30. The van der Waals surface area contributed by atoms with Gasteiger partial charge in [0.25, 0.3) is 5.69 Å². The molecule has 1 aliphatic heterocycles. The van der Waals surface area contributed by atoms with Crippen molar-refractivity contribution in [2.75, 3.05) is 11.4 Å².